The quantitative estimate of drug-likeness (QED) is 0.613. The van der Waals surface area contributed by atoms with E-state index in [1.807, 2.05) is 50.2 Å². The number of ether oxygens (including phenoxy) is 2. The summed E-state index contributed by atoms with van der Waals surface area (Å²) in [7, 11) is 1.59. The van der Waals surface area contributed by atoms with Crippen LogP contribution in [0.2, 0.25) is 0 Å². The highest BCUT2D eigenvalue weighted by molar-refractivity contribution is 5.95. The lowest BCUT2D eigenvalue weighted by Crippen LogP contribution is -2.02. The van der Waals surface area contributed by atoms with Crippen LogP contribution in [0.1, 0.15) is 24.5 Å². The molecule has 0 bridgehead atoms. The number of hydrogen-bond donors (Lipinski definition) is 1. The monoisotopic (exact) mass is 354 g/mol. The fraction of sp³-hybridized carbons (Fsp3) is 0.300. The third-order valence-electron chi connectivity index (χ3n) is 4.29. The summed E-state index contributed by atoms with van der Waals surface area (Å²) in [5.74, 6) is 1.19. The van der Waals surface area contributed by atoms with Gasteiger partial charge in [-0.25, -0.2) is 0 Å². The lowest BCUT2D eigenvalue weighted by Gasteiger charge is -2.13. The number of aromatic hydroxyl groups is 1. The molecule has 0 aliphatic heterocycles. The van der Waals surface area contributed by atoms with Crippen LogP contribution in [0, 0.1) is 11.8 Å². The lowest BCUT2D eigenvalue weighted by molar-refractivity contribution is 0.294. The largest absolute Gasteiger partial charge is 0.493 e. The molecule has 6 heteroatoms. The molecule has 0 saturated carbocycles. The number of benzene rings is 2. The standard InChI is InChI=1S/C20H22N2O4/c1-4-9-26-17-8-6-14(11-18(17)25-3)12-22-16-7-5-13(2)10-15(16)19(21-24)20(22)23/h5-8,10-11,23H,4,9,12H2,1-3H3. The third-order valence-corrected chi connectivity index (χ3v) is 4.29. The maximum Gasteiger partial charge on any atom is 0.222 e. The Morgan fingerprint density at radius 1 is 1.15 bits per heavy atom. The Bertz CT molecular complexity index is 947. The number of aromatic nitrogens is 1. The van der Waals surface area contributed by atoms with E-state index < -0.39 is 0 Å². The average Bonchev–Trinajstić information content (AvgIpc) is 2.90. The van der Waals surface area contributed by atoms with Gasteiger partial charge in [0.15, 0.2) is 17.2 Å². The van der Waals surface area contributed by atoms with E-state index in [0.717, 1.165) is 23.1 Å². The molecule has 0 atom stereocenters. The van der Waals surface area contributed by atoms with Crippen molar-refractivity contribution < 1.29 is 14.6 Å². The zero-order valence-corrected chi connectivity index (χ0v) is 15.2. The minimum atomic E-state index is -0.133. The normalized spacial score (nSPS) is 10.9. The average molecular weight is 354 g/mol. The SMILES string of the molecule is CCCOc1ccc(Cn2c(O)c(N=O)c3cc(C)ccc32)cc1OC. The molecule has 1 N–H and O–H groups in total. The highest BCUT2D eigenvalue weighted by Crippen LogP contribution is 2.39. The minimum Gasteiger partial charge on any atom is -0.493 e. The summed E-state index contributed by atoms with van der Waals surface area (Å²) < 4.78 is 12.8. The summed E-state index contributed by atoms with van der Waals surface area (Å²) in [6.07, 6.45) is 0.912. The van der Waals surface area contributed by atoms with E-state index in [1.54, 1.807) is 11.7 Å². The van der Waals surface area contributed by atoms with Gasteiger partial charge >= 0.3 is 0 Å². The van der Waals surface area contributed by atoms with E-state index >= 15 is 0 Å². The second-order valence-electron chi connectivity index (χ2n) is 6.20. The second kappa shape index (κ2) is 7.47. The molecule has 0 saturated heterocycles. The Balaban J connectivity index is 2.01. The summed E-state index contributed by atoms with van der Waals surface area (Å²) in [5.41, 5.74) is 2.74. The number of methoxy groups -OCH3 is 1. The van der Waals surface area contributed by atoms with Crippen LogP contribution in [0.3, 0.4) is 0 Å². The second-order valence-corrected chi connectivity index (χ2v) is 6.20. The zero-order chi connectivity index (χ0) is 18.7. The van der Waals surface area contributed by atoms with Crippen molar-refractivity contribution in [1.82, 2.24) is 4.57 Å². The number of rotatable bonds is 7. The van der Waals surface area contributed by atoms with Gasteiger partial charge in [0.1, 0.15) is 0 Å². The number of fused-ring (bicyclic) bond motifs is 1. The van der Waals surface area contributed by atoms with Gasteiger partial charge in [0, 0.05) is 5.39 Å². The molecule has 0 aliphatic carbocycles. The van der Waals surface area contributed by atoms with Crippen molar-refractivity contribution in [3.8, 4) is 17.4 Å². The van der Waals surface area contributed by atoms with Crippen LogP contribution in [0.25, 0.3) is 10.9 Å². The lowest BCUT2D eigenvalue weighted by atomic mass is 10.1. The molecule has 1 aromatic heterocycles. The van der Waals surface area contributed by atoms with Crippen molar-refractivity contribution in [3.05, 3.63) is 52.4 Å². The Kier molecular flexibility index (Phi) is 5.11. The van der Waals surface area contributed by atoms with Gasteiger partial charge in [0.25, 0.3) is 0 Å². The van der Waals surface area contributed by atoms with Crippen molar-refractivity contribution in [2.75, 3.05) is 13.7 Å². The van der Waals surface area contributed by atoms with E-state index in [1.165, 1.54) is 0 Å². The fourth-order valence-corrected chi connectivity index (χ4v) is 3.01. The molecule has 1 heterocycles. The van der Waals surface area contributed by atoms with Crippen LogP contribution < -0.4 is 9.47 Å². The van der Waals surface area contributed by atoms with Gasteiger partial charge in [-0.2, -0.15) is 0 Å². The van der Waals surface area contributed by atoms with Gasteiger partial charge in [-0.1, -0.05) is 24.6 Å². The summed E-state index contributed by atoms with van der Waals surface area (Å²) in [5, 5.41) is 14.1. The van der Waals surface area contributed by atoms with Gasteiger partial charge in [-0.3, -0.25) is 0 Å². The molecule has 0 amide bonds. The number of hydrogen-bond acceptors (Lipinski definition) is 5. The first-order valence-corrected chi connectivity index (χ1v) is 8.54. The molecule has 2 aromatic carbocycles. The van der Waals surface area contributed by atoms with E-state index in [-0.39, 0.29) is 11.6 Å². The highest BCUT2D eigenvalue weighted by atomic mass is 16.5. The van der Waals surface area contributed by atoms with Gasteiger partial charge in [-0.15, -0.1) is 4.91 Å². The summed E-state index contributed by atoms with van der Waals surface area (Å²) >= 11 is 0. The summed E-state index contributed by atoms with van der Waals surface area (Å²) in [6, 6.07) is 11.3. The van der Waals surface area contributed by atoms with Crippen LogP contribution >= 0.6 is 0 Å². The van der Waals surface area contributed by atoms with E-state index in [0.29, 0.717) is 30.0 Å². The summed E-state index contributed by atoms with van der Waals surface area (Å²) in [4.78, 5) is 11.2. The maximum atomic E-state index is 11.2. The molecule has 6 nitrogen and oxygen atoms in total. The molecule has 0 radical (unpaired) electrons. The van der Waals surface area contributed by atoms with Crippen LogP contribution in [0.15, 0.2) is 41.6 Å². The zero-order valence-electron chi connectivity index (χ0n) is 15.2. The first-order chi connectivity index (χ1) is 12.6. The first kappa shape index (κ1) is 17.8. The number of aryl methyl sites for hydroxylation is 1. The van der Waals surface area contributed by atoms with Crippen LogP contribution in [0.5, 0.6) is 17.4 Å². The van der Waals surface area contributed by atoms with Crippen molar-refractivity contribution in [2.45, 2.75) is 26.8 Å². The van der Waals surface area contributed by atoms with E-state index in [2.05, 4.69) is 5.18 Å². The van der Waals surface area contributed by atoms with Gasteiger partial charge in [0.2, 0.25) is 5.88 Å². The molecule has 0 unspecified atom stereocenters. The van der Waals surface area contributed by atoms with Gasteiger partial charge in [-0.05, 0) is 48.4 Å². The first-order valence-electron chi connectivity index (χ1n) is 8.54. The van der Waals surface area contributed by atoms with Crippen molar-refractivity contribution in [1.29, 1.82) is 0 Å². The Hall–Kier alpha value is -3.02. The molecule has 3 aromatic rings. The third kappa shape index (κ3) is 3.22. The summed E-state index contributed by atoms with van der Waals surface area (Å²) in [6.45, 7) is 4.97. The van der Waals surface area contributed by atoms with Gasteiger partial charge < -0.3 is 19.1 Å². The molecular formula is C20H22N2O4. The van der Waals surface area contributed by atoms with Gasteiger partial charge in [0.05, 0.1) is 25.8 Å². The molecule has 0 spiro atoms. The smallest absolute Gasteiger partial charge is 0.222 e. The maximum absolute atomic E-state index is 11.2. The minimum absolute atomic E-state index is 0.0681. The molecule has 136 valence electrons. The Morgan fingerprint density at radius 3 is 2.65 bits per heavy atom. The predicted molar refractivity (Wildman–Crippen MR) is 102 cm³/mol. The van der Waals surface area contributed by atoms with Crippen LogP contribution in [0.4, 0.5) is 5.69 Å². The molecule has 26 heavy (non-hydrogen) atoms. The van der Waals surface area contributed by atoms with Crippen LogP contribution in [-0.4, -0.2) is 23.4 Å². The predicted octanol–water partition coefficient (Wildman–Crippen LogP) is 4.90. The van der Waals surface area contributed by atoms with Crippen molar-refractivity contribution in [2.24, 2.45) is 5.18 Å². The van der Waals surface area contributed by atoms with Crippen LogP contribution in [-0.2, 0) is 6.54 Å². The Labute approximate surface area is 151 Å². The fourth-order valence-electron chi connectivity index (χ4n) is 3.01. The Morgan fingerprint density at radius 2 is 1.96 bits per heavy atom. The van der Waals surface area contributed by atoms with E-state index in [9.17, 15) is 10.0 Å². The highest BCUT2D eigenvalue weighted by Gasteiger charge is 2.18. The molecule has 0 fully saturated rings. The van der Waals surface area contributed by atoms with E-state index in [4.69, 9.17) is 9.47 Å². The van der Waals surface area contributed by atoms with Crippen molar-refractivity contribution in [3.63, 3.8) is 0 Å². The molecular weight excluding hydrogens is 332 g/mol. The number of nitroso groups, excluding NO2 is 1. The number of nitrogens with zero attached hydrogens (tertiary/aromatic N) is 2. The topological polar surface area (TPSA) is 73.0 Å². The van der Waals surface area contributed by atoms with Crippen molar-refractivity contribution >= 4 is 16.6 Å². The molecule has 3 rings (SSSR count). The molecule has 0 aliphatic rings.